The lowest BCUT2D eigenvalue weighted by Gasteiger charge is -2.24. The SMILES string of the molecule is Cc1cc(-c2ncc(Br)n2C)cc2c1CN(C(=O)OC(C)(C)C)C2. The van der Waals surface area contributed by atoms with Gasteiger partial charge in [0.1, 0.15) is 16.0 Å². The fourth-order valence-electron chi connectivity index (χ4n) is 2.95. The number of rotatable bonds is 1. The summed E-state index contributed by atoms with van der Waals surface area (Å²) in [6.45, 7) is 8.91. The highest BCUT2D eigenvalue weighted by atomic mass is 79.9. The van der Waals surface area contributed by atoms with E-state index in [0.717, 1.165) is 21.6 Å². The molecule has 3 rings (SSSR count). The third kappa shape index (κ3) is 3.20. The second kappa shape index (κ2) is 5.92. The van der Waals surface area contributed by atoms with Crippen molar-refractivity contribution in [2.75, 3.05) is 0 Å². The van der Waals surface area contributed by atoms with Gasteiger partial charge in [0, 0.05) is 25.7 Å². The molecule has 0 spiro atoms. The molecule has 0 saturated heterocycles. The van der Waals surface area contributed by atoms with Crippen LogP contribution in [0.1, 0.15) is 37.5 Å². The Kier molecular flexibility index (Phi) is 4.20. The van der Waals surface area contributed by atoms with Gasteiger partial charge in [-0.3, -0.25) is 4.90 Å². The molecule has 0 unspecified atom stereocenters. The average Bonchev–Trinajstić information content (AvgIpc) is 3.02. The molecule has 1 aliphatic rings. The number of hydrogen-bond donors (Lipinski definition) is 0. The summed E-state index contributed by atoms with van der Waals surface area (Å²) in [5.41, 5.74) is 4.12. The molecule has 1 amide bonds. The number of fused-ring (bicyclic) bond motifs is 1. The molecule has 2 heterocycles. The van der Waals surface area contributed by atoms with Crippen LogP contribution in [0.15, 0.2) is 22.9 Å². The van der Waals surface area contributed by atoms with E-state index in [9.17, 15) is 4.79 Å². The second-order valence-electron chi connectivity index (χ2n) is 7.23. The van der Waals surface area contributed by atoms with Crippen LogP contribution in [0, 0.1) is 6.92 Å². The normalized spacial score (nSPS) is 14.0. The number of halogens is 1. The van der Waals surface area contributed by atoms with E-state index in [1.807, 2.05) is 32.4 Å². The van der Waals surface area contributed by atoms with E-state index in [2.05, 4.69) is 40.0 Å². The van der Waals surface area contributed by atoms with Gasteiger partial charge < -0.3 is 9.30 Å². The van der Waals surface area contributed by atoms with Crippen molar-refractivity contribution in [1.82, 2.24) is 14.5 Å². The predicted molar refractivity (Wildman–Crippen MR) is 96.6 cm³/mol. The van der Waals surface area contributed by atoms with Crippen molar-refractivity contribution in [3.05, 3.63) is 39.6 Å². The Hall–Kier alpha value is -1.82. The maximum Gasteiger partial charge on any atom is 0.410 e. The zero-order valence-corrected chi connectivity index (χ0v) is 16.3. The number of carbonyl (C=O) groups excluding carboxylic acids is 1. The summed E-state index contributed by atoms with van der Waals surface area (Å²) >= 11 is 3.48. The minimum atomic E-state index is -0.481. The lowest BCUT2D eigenvalue weighted by atomic mass is 10.0. The fraction of sp³-hybridized carbons (Fsp3) is 0.444. The molecule has 0 radical (unpaired) electrons. The summed E-state index contributed by atoms with van der Waals surface area (Å²) in [7, 11) is 1.97. The molecule has 24 heavy (non-hydrogen) atoms. The number of amides is 1. The molecule has 2 aromatic rings. The van der Waals surface area contributed by atoms with Gasteiger partial charge in [-0.2, -0.15) is 0 Å². The van der Waals surface area contributed by atoms with Gasteiger partial charge in [-0.25, -0.2) is 9.78 Å². The van der Waals surface area contributed by atoms with Crippen LogP contribution in [-0.2, 0) is 24.9 Å². The van der Waals surface area contributed by atoms with Crippen molar-refractivity contribution in [2.24, 2.45) is 7.05 Å². The highest BCUT2D eigenvalue weighted by Gasteiger charge is 2.29. The number of aryl methyl sites for hydroxylation is 1. The lowest BCUT2D eigenvalue weighted by Crippen LogP contribution is -2.33. The summed E-state index contributed by atoms with van der Waals surface area (Å²) in [6.07, 6.45) is 1.53. The maximum atomic E-state index is 12.3. The monoisotopic (exact) mass is 391 g/mol. The number of hydrogen-bond acceptors (Lipinski definition) is 3. The van der Waals surface area contributed by atoms with E-state index < -0.39 is 5.60 Å². The maximum absolute atomic E-state index is 12.3. The topological polar surface area (TPSA) is 47.4 Å². The van der Waals surface area contributed by atoms with Gasteiger partial charge >= 0.3 is 6.09 Å². The quantitative estimate of drug-likeness (QED) is 0.723. The highest BCUT2D eigenvalue weighted by molar-refractivity contribution is 9.10. The Morgan fingerprint density at radius 2 is 2.00 bits per heavy atom. The average molecular weight is 392 g/mol. The van der Waals surface area contributed by atoms with Crippen LogP contribution in [0.25, 0.3) is 11.4 Å². The van der Waals surface area contributed by atoms with Crippen molar-refractivity contribution < 1.29 is 9.53 Å². The van der Waals surface area contributed by atoms with Gasteiger partial charge in [-0.1, -0.05) is 0 Å². The fourth-order valence-corrected chi connectivity index (χ4v) is 3.22. The first kappa shape index (κ1) is 17.0. The summed E-state index contributed by atoms with van der Waals surface area (Å²) in [5, 5.41) is 0. The lowest BCUT2D eigenvalue weighted by molar-refractivity contribution is 0.0241. The molecule has 0 fully saturated rings. The van der Waals surface area contributed by atoms with Gasteiger partial charge in [0.25, 0.3) is 0 Å². The Bertz CT molecular complexity index is 805. The number of aromatic nitrogens is 2. The molecule has 6 heteroatoms. The van der Waals surface area contributed by atoms with Crippen LogP contribution >= 0.6 is 15.9 Å². The minimum Gasteiger partial charge on any atom is -0.444 e. The molecule has 0 bridgehead atoms. The van der Waals surface area contributed by atoms with E-state index in [4.69, 9.17) is 4.74 Å². The smallest absolute Gasteiger partial charge is 0.410 e. The molecule has 0 N–H and O–H groups in total. The molecular weight excluding hydrogens is 370 g/mol. The highest BCUT2D eigenvalue weighted by Crippen LogP contribution is 2.32. The Labute approximate surface area is 150 Å². The van der Waals surface area contributed by atoms with Gasteiger partial charge in [0.05, 0.1) is 6.20 Å². The molecule has 128 valence electrons. The molecular formula is C18H22BrN3O2. The van der Waals surface area contributed by atoms with E-state index in [-0.39, 0.29) is 6.09 Å². The third-order valence-electron chi connectivity index (χ3n) is 4.12. The molecule has 0 saturated carbocycles. The van der Waals surface area contributed by atoms with Crippen LogP contribution in [0.3, 0.4) is 0 Å². The van der Waals surface area contributed by atoms with Crippen LogP contribution < -0.4 is 0 Å². The van der Waals surface area contributed by atoms with Crippen molar-refractivity contribution in [2.45, 2.75) is 46.4 Å². The molecule has 0 atom stereocenters. The van der Waals surface area contributed by atoms with Crippen molar-refractivity contribution in [3.63, 3.8) is 0 Å². The number of ether oxygens (including phenoxy) is 1. The first-order valence-electron chi connectivity index (χ1n) is 7.93. The van der Waals surface area contributed by atoms with Crippen molar-refractivity contribution in [3.8, 4) is 11.4 Å². The Morgan fingerprint density at radius 1 is 1.29 bits per heavy atom. The Balaban J connectivity index is 1.89. The molecule has 1 aromatic heterocycles. The van der Waals surface area contributed by atoms with Gasteiger partial charge in [0.2, 0.25) is 0 Å². The summed E-state index contributed by atoms with van der Waals surface area (Å²) < 4.78 is 8.43. The van der Waals surface area contributed by atoms with Gasteiger partial charge in [-0.05, 0) is 72.4 Å². The Morgan fingerprint density at radius 3 is 2.58 bits per heavy atom. The van der Waals surface area contributed by atoms with E-state index in [1.54, 1.807) is 11.1 Å². The molecule has 0 aliphatic carbocycles. The number of carbonyl (C=O) groups is 1. The van der Waals surface area contributed by atoms with E-state index in [1.165, 1.54) is 11.1 Å². The molecule has 1 aliphatic heterocycles. The first-order valence-corrected chi connectivity index (χ1v) is 8.73. The number of nitrogens with zero attached hydrogens (tertiary/aromatic N) is 3. The number of benzene rings is 1. The van der Waals surface area contributed by atoms with Crippen LogP contribution in [0.4, 0.5) is 4.79 Å². The van der Waals surface area contributed by atoms with Gasteiger partial charge in [0.15, 0.2) is 0 Å². The standard InChI is InChI=1S/C18H22BrN3O2/c1-11-6-12(16-20-8-15(19)21(16)5)7-13-9-22(10-14(11)13)17(23)24-18(2,3)4/h6-8H,9-10H2,1-5H3. The molecule has 1 aromatic carbocycles. The third-order valence-corrected chi connectivity index (χ3v) is 4.85. The van der Waals surface area contributed by atoms with E-state index in [0.29, 0.717) is 13.1 Å². The largest absolute Gasteiger partial charge is 0.444 e. The number of imidazole rings is 1. The first-order chi connectivity index (χ1) is 11.2. The van der Waals surface area contributed by atoms with Gasteiger partial charge in [-0.15, -0.1) is 0 Å². The molecule has 5 nitrogen and oxygen atoms in total. The van der Waals surface area contributed by atoms with Crippen LogP contribution in [0.5, 0.6) is 0 Å². The van der Waals surface area contributed by atoms with Crippen LogP contribution in [0.2, 0.25) is 0 Å². The van der Waals surface area contributed by atoms with E-state index >= 15 is 0 Å². The predicted octanol–water partition coefficient (Wildman–Crippen LogP) is 4.41. The minimum absolute atomic E-state index is 0.264. The summed E-state index contributed by atoms with van der Waals surface area (Å²) in [6, 6.07) is 4.26. The van der Waals surface area contributed by atoms with Crippen molar-refractivity contribution >= 4 is 22.0 Å². The zero-order valence-electron chi connectivity index (χ0n) is 14.7. The van der Waals surface area contributed by atoms with Crippen molar-refractivity contribution in [1.29, 1.82) is 0 Å². The second-order valence-corrected chi connectivity index (χ2v) is 8.04. The van der Waals surface area contributed by atoms with Crippen LogP contribution in [-0.4, -0.2) is 26.1 Å². The summed E-state index contributed by atoms with van der Waals surface area (Å²) in [4.78, 5) is 18.6. The zero-order chi connectivity index (χ0) is 17.6. The summed E-state index contributed by atoms with van der Waals surface area (Å²) in [5.74, 6) is 0.906.